The van der Waals surface area contributed by atoms with Crippen LogP contribution < -0.4 is 0 Å². The zero-order valence-electron chi connectivity index (χ0n) is 12.9. The van der Waals surface area contributed by atoms with E-state index in [2.05, 4.69) is 24.7 Å². The summed E-state index contributed by atoms with van der Waals surface area (Å²) in [6, 6.07) is 0.472. The van der Waals surface area contributed by atoms with Gasteiger partial charge in [-0.05, 0) is 43.1 Å². The smallest absolute Gasteiger partial charge is 0.219 e. The number of nitrogens with zero attached hydrogens (tertiary/aromatic N) is 3. The molecule has 4 nitrogen and oxygen atoms in total. The van der Waals surface area contributed by atoms with Crippen molar-refractivity contribution in [3.63, 3.8) is 0 Å². The molecule has 0 N–H and O–H groups in total. The summed E-state index contributed by atoms with van der Waals surface area (Å²) in [4.78, 5) is 13.3. The van der Waals surface area contributed by atoms with Crippen LogP contribution in [0.25, 0.3) is 0 Å². The third-order valence-electron chi connectivity index (χ3n) is 4.89. The average Bonchev–Trinajstić information content (AvgIpc) is 2.80. The quantitative estimate of drug-likeness (QED) is 0.790. The third kappa shape index (κ3) is 2.60. The lowest BCUT2D eigenvalue weighted by molar-refractivity contribution is -0.130. The van der Waals surface area contributed by atoms with Crippen LogP contribution in [0.5, 0.6) is 0 Å². The Kier molecular flexibility index (Phi) is 3.35. The summed E-state index contributed by atoms with van der Waals surface area (Å²) in [7, 11) is 0. The second-order valence-corrected chi connectivity index (χ2v) is 7.16. The van der Waals surface area contributed by atoms with E-state index in [1.54, 1.807) is 6.92 Å². The molecule has 1 aliphatic heterocycles. The molecule has 1 aromatic rings. The van der Waals surface area contributed by atoms with Crippen molar-refractivity contribution in [2.75, 3.05) is 13.1 Å². The predicted molar refractivity (Wildman–Crippen MR) is 78.6 cm³/mol. The summed E-state index contributed by atoms with van der Waals surface area (Å²) in [6.07, 6.45) is 7.83. The van der Waals surface area contributed by atoms with Crippen molar-refractivity contribution in [3.05, 3.63) is 17.5 Å². The molecule has 0 aromatic carbocycles. The lowest BCUT2D eigenvalue weighted by Crippen LogP contribution is -2.37. The fourth-order valence-electron chi connectivity index (χ4n) is 3.52. The van der Waals surface area contributed by atoms with Gasteiger partial charge in [0.25, 0.3) is 0 Å². The van der Waals surface area contributed by atoms with Crippen molar-refractivity contribution in [1.29, 1.82) is 0 Å². The minimum Gasteiger partial charge on any atom is -0.343 e. The highest BCUT2D eigenvalue weighted by Gasteiger charge is 2.29. The van der Waals surface area contributed by atoms with Gasteiger partial charge in [-0.3, -0.25) is 9.48 Å². The molecular formula is C16H25N3O. The van der Waals surface area contributed by atoms with Gasteiger partial charge in [-0.1, -0.05) is 13.8 Å². The minimum absolute atomic E-state index is 0.199. The molecule has 0 saturated carbocycles. The number of carbonyl (C=O) groups is 1. The largest absolute Gasteiger partial charge is 0.343 e. The Hall–Kier alpha value is -1.32. The zero-order valence-corrected chi connectivity index (χ0v) is 12.9. The van der Waals surface area contributed by atoms with Crippen LogP contribution in [0.2, 0.25) is 0 Å². The Balaban J connectivity index is 1.71. The number of aromatic nitrogens is 2. The minimum atomic E-state index is 0.199. The molecule has 1 amide bonds. The van der Waals surface area contributed by atoms with Crippen LogP contribution in [-0.2, 0) is 17.6 Å². The van der Waals surface area contributed by atoms with Crippen molar-refractivity contribution in [1.82, 2.24) is 14.7 Å². The van der Waals surface area contributed by atoms with Crippen LogP contribution in [-0.4, -0.2) is 33.7 Å². The van der Waals surface area contributed by atoms with Crippen molar-refractivity contribution in [2.45, 2.75) is 58.9 Å². The number of piperidine rings is 1. The molecule has 110 valence electrons. The number of likely N-dealkylation sites (tertiary alicyclic amines) is 1. The number of rotatable bonds is 1. The maximum atomic E-state index is 11.4. The molecule has 3 rings (SSSR count). The Labute approximate surface area is 121 Å². The molecule has 1 aromatic heterocycles. The Bertz CT molecular complexity index is 510. The molecule has 20 heavy (non-hydrogen) atoms. The van der Waals surface area contributed by atoms with Crippen molar-refractivity contribution < 1.29 is 4.79 Å². The maximum Gasteiger partial charge on any atom is 0.219 e. The lowest BCUT2D eigenvalue weighted by Gasteiger charge is -2.31. The second-order valence-electron chi connectivity index (χ2n) is 7.16. The van der Waals surface area contributed by atoms with Gasteiger partial charge in [0.15, 0.2) is 0 Å². The van der Waals surface area contributed by atoms with Crippen LogP contribution in [0.15, 0.2) is 6.20 Å². The summed E-state index contributed by atoms with van der Waals surface area (Å²) in [6.45, 7) is 8.10. The lowest BCUT2D eigenvalue weighted by atomic mass is 9.77. The maximum absolute atomic E-state index is 11.4. The Morgan fingerprint density at radius 3 is 2.70 bits per heavy atom. The fourth-order valence-corrected chi connectivity index (χ4v) is 3.52. The summed E-state index contributed by atoms with van der Waals surface area (Å²) in [5, 5.41) is 4.82. The number of amides is 1. The number of carbonyl (C=O) groups excluding carboxylic acids is 1. The summed E-state index contributed by atoms with van der Waals surface area (Å²) in [5.41, 5.74) is 3.16. The van der Waals surface area contributed by atoms with Crippen LogP contribution >= 0.6 is 0 Å². The highest BCUT2D eigenvalue weighted by molar-refractivity contribution is 5.73. The summed E-state index contributed by atoms with van der Waals surface area (Å²) >= 11 is 0. The first kappa shape index (κ1) is 13.7. The van der Waals surface area contributed by atoms with E-state index in [0.29, 0.717) is 11.5 Å². The highest BCUT2D eigenvalue weighted by Crippen LogP contribution is 2.35. The van der Waals surface area contributed by atoms with Crippen molar-refractivity contribution in [2.24, 2.45) is 5.41 Å². The molecule has 0 unspecified atom stereocenters. The first-order valence-corrected chi connectivity index (χ1v) is 7.77. The van der Waals surface area contributed by atoms with E-state index in [1.807, 2.05) is 4.90 Å². The van der Waals surface area contributed by atoms with E-state index in [9.17, 15) is 4.79 Å². The van der Waals surface area contributed by atoms with Gasteiger partial charge in [0, 0.05) is 26.2 Å². The molecule has 4 heteroatoms. The van der Waals surface area contributed by atoms with Gasteiger partial charge < -0.3 is 4.90 Å². The van der Waals surface area contributed by atoms with Gasteiger partial charge in [0.05, 0.1) is 11.7 Å². The van der Waals surface area contributed by atoms with Crippen LogP contribution in [0.1, 0.15) is 57.3 Å². The monoisotopic (exact) mass is 275 g/mol. The standard InChI is InChI=1S/C16H25N3O/c1-12(20)18-8-5-14(6-9-18)19-11-13-10-16(2,3)7-4-15(13)17-19/h11,14H,4-10H2,1-3H3. The molecule has 1 saturated heterocycles. The normalized spacial score (nSPS) is 22.6. The molecule has 2 aliphatic rings. The first-order valence-electron chi connectivity index (χ1n) is 7.77. The van der Waals surface area contributed by atoms with E-state index in [-0.39, 0.29) is 5.91 Å². The van der Waals surface area contributed by atoms with Gasteiger partial charge in [-0.15, -0.1) is 0 Å². The predicted octanol–water partition coefficient (Wildman–Crippen LogP) is 2.58. The molecular weight excluding hydrogens is 250 g/mol. The zero-order chi connectivity index (χ0) is 14.3. The first-order chi connectivity index (χ1) is 9.44. The SMILES string of the molecule is CC(=O)N1CCC(n2cc3c(n2)CCC(C)(C)C3)CC1. The number of fused-ring (bicyclic) bond motifs is 1. The second kappa shape index (κ2) is 4.90. The van der Waals surface area contributed by atoms with Crippen LogP contribution in [0.4, 0.5) is 0 Å². The molecule has 1 fully saturated rings. The summed E-state index contributed by atoms with van der Waals surface area (Å²) in [5.74, 6) is 0.199. The van der Waals surface area contributed by atoms with E-state index in [0.717, 1.165) is 38.8 Å². The van der Waals surface area contributed by atoms with E-state index in [4.69, 9.17) is 5.10 Å². The number of hydrogen-bond donors (Lipinski definition) is 0. The fraction of sp³-hybridized carbons (Fsp3) is 0.750. The topological polar surface area (TPSA) is 38.1 Å². The molecule has 0 spiro atoms. The summed E-state index contributed by atoms with van der Waals surface area (Å²) < 4.78 is 2.18. The van der Waals surface area contributed by atoms with Gasteiger partial charge in [0.1, 0.15) is 0 Å². The Morgan fingerprint density at radius 2 is 2.05 bits per heavy atom. The van der Waals surface area contributed by atoms with Gasteiger partial charge in [-0.25, -0.2) is 0 Å². The van der Waals surface area contributed by atoms with Crippen molar-refractivity contribution in [3.8, 4) is 0 Å². The van der Waals surface area contributed by atoms with Gasteiger partial charge >= 0.3 is 0 Å². The molecule has 0 bridgehead atoms. The molecule has 0 radical (unpaired) electrons. The molecule has 0 atom stereocenters. The van der Waals surface area contributed by atoms with E-state index >= 15 is 0 Å². The van der Waals surface area contributed by atoms with Crippen molar-refractivity contribution >= 4 is 5.91 Å². The third-order valence-corrected chi connectivity index (χ3v) is 4.89. The highest BCUT2D eigenvalue weighted by atomic mass is 16.2. The molecule has 1 aliphatic carbocycles. The average molecular weight is 275 g/mol. The number of aryl methyl sites for hydroxylation is 1. The van der Waals surface area contributed by atoms with E-state index < -0.39 is 0 Å². The number of hydrogen-bond acceptors (Lipinski definition) is 2. The van der Waals surface area contributed by atoms with Gasteiger partial charge in [0.2, 0.25) is 5.91 Å². The molecule has 2 heterocycles. The van der Waals surface area contributed by atoms with Gasteiger partial charge in [-0.2, -0.15) is 5.10 Å². The Morgan fingerprint density at radius 1 is 1.35 bits per heavy atom. The van der Waals surface area contributed by atoms with E-state index in [1.165, 1.54) is 17.7 Å². The van der Waals surface area contributed by atoms with Crippen LogP contribution in [0.3, 0.4) is 0 Å². The van der Waals surface area contributed by atoms with Crippen LogP contribution in [0, 0.1) is 5.41 Å².